The number of benzene rings is 2. The van der Waals surface area contributed by atoms with E-state index in [0.29, 0.717) is 0 Å². The summed E-state index contributed by atoms with van der Waals surface area (Å²) in [5.74, 6) is 0.507. The topological polar surface area (TPSA) is 63.8 Å². The fourth-order valence-electron chi connectivity index (χ4n) is 5.09. The van der Waals surface area contributed by atoms with E-state index < -0.39 is 0 Å². The molecular weight excluding hydrogens is 408 g/mol. The third-order valence-electron chi connectivity index (χ3n) is 6.65. The van der Waals surface area contributed by atoms with Crippen molar-refractivity contribution in [1.82, 2.24) is 20.0 Å². The Balaban J connectivity index is 1.28. The highest BCUT2D eigenvalue weighted by atomic mass is 16.3. The minimum Gasteiger partial charge on any atom is -0.507 e. The molecule has 2 aliphatic rings. The van der Waals surface area contributed by atoms with Crippen molar-refractivity contribution in [3.8, 4) is 28.1 Å². The molecule has 6 rings (SSSR count). The number of fused-ring (bicyclic) bond motifs is 2. The SMILES string of the molecule is Cc1cc(-c2ccc(-c3cn(CC4C5=C(CCC=C5)c5ccccc54)nn3)cc2O)ccn1. The number of phenolic OH excluding ortho intramolecular Hbond substituents is 1. The molecule has 0 fully saturated rings. The molecule has 0 spiro atoms. The van der Waals surface area contributed by atoms with Crippen LogP contribution >= 0.6 is 0 Å². The molecule has 1 N–H and O–H groups in total. The van der Waals surface area contributed by atoms with E-state index in [-0.39, 0.29) is 11.7 Å². The summed E-state index contributed by atoms with van der Waals surface area (Å²) >= 11 is 0. The number of pyridine rings is 1. The van der Waals surface area contributed by atoms with Gasteiger partial charge < -0.3 is 5.11 Å². The van der Waals surface area contributed by atoms with Crippen molar-refractivity contribution >= 4 is 5.57 Å². The molecule has 2 aliphatic carbocycles. The maximum atomic E-state index is 10.7. The van der Waals surface area contributed by atoms with E-state index >= 15 is 0 Å². The second kappa shape index (κ2) is 7.85. The zero-order valence-corrected chi connectivity index (χ0v) is 18.4. The average molecular weight is 433 g/mol. The van der Waals surface area contributed by atoms with E-state index in [4.69, 9.17) is 0 Å². The molecule has 0 saturated carbocycles. The van der Waals surface area contributed by atoms with Crippen molar-refractivity contribution in [2.24, 2.45) is 0 Å². The summed E-state index contributed by atoms with van der Waals surface area (Å²) in [4.78, 5) is 4.23. The quantitative estimate of drug-likeness (QED) is 0.435. The van der Waals surface area contributed by atoms with Gasteiger partial charge in [-0.25, -0.2) is 0 Å². The number of aromatic nitrogens is 4. The van der Waals surface area contributed by atoms with Crippen LogP contribution in [-0.2, 0) is 6.54 Å². The zero-order valence-electron chi connectivity index (χ0n) is 18.4. The van der Waals surface area contributed by atoms with Crippen LogP contribution in [0.1, 0.15) is 35.6 Å². The molecule has 2 aromatic heterocycles. The van der Waals surface area contributed by atoms with Gasteiger partial charge in [0.2, 0.25) is 0 Å². The van der Waals surface area contributed by atoms with E-state index in [1.54, 1.807) is 12.3 Å². The Bertz CT molecular complexity index is 1430. The fraction of sp³-hybridized carbons (Fsp3) is 0.179. The molecule has 1 unspecified atom stereocenters. The minimum atomic E-state index is 0.222. The van der Waals surface area contributed by atoms with Gasteiger partial charge in [-0.05, 0) is 71.9 Å². The van der Waals surface area contributed by atoms with E-state index in [0.717, 1.165) is 47.5 Å². The summed E-state index contributed by atoms with van der Waals surface area (Å²) in [7, 11) is 0. The third-order valence-corrected chi connectivity index (χ3v) is 6.65. The molecule has 1 atom stereocenters. The van der Waals surface area contributed by atoms with Gasteiger partial charge in [-0.2, -0.15) is 0 Å². The number of rotatable bonds is 4. The molecule has 162 valence electrons. The summed E-state index contributed by atoms with van der Waals surface area (Å²) in [6.07, 6.45) is 10.5. The Morgan fingerprint density at radius 2 is 1.94 bits per heavy atom. The largest absolute Gasteiger partial charge is 0.507 e. The Morgan fingerprint density at radius 3 is 2.82 bits per heavy atom. The Labute approximate surface area is 192 Å². The minimum absolute atomic E-state index is 0.222. The van der Waals surface area contributed by atoms with Crippen LogP contribution in [0.4, 0.5) is 0 Å². The maximum absolute atomic E-state index is 10.7. The monoisotopic (exact) mass is 432 g/mol. The maximum Gasteiger partial charge on any atom is 0.124 e. The number of aryl methyl sites for hydroxylation is 1. The normalized spacial score (nSPS) is 16.7. The van der Waals surface area contributed by atoms with Gasteiger partial charge in [0.1, 0.15) is 11.4 Å². The lowest BCUT2D eigenvalue weighted by Gasteiger charge is -2.16. The molecular formula is C28H24N4O. The van der Waals surface area contributed by atoms with E-state index in [9.17, 15) is 5.11 Å². The molecule has 0 radical (unpaired) electrons. The first-order valence-electron chi connectivity index (χ1n) is 11.3. The van der Waals surface area contributed by atoms with Crippen LogP contribution in [0.15, 0.2) is 84.7 Å². The van der Waals surface area contributed by atoms with Gasteiger partial charge in [-0.3, -0.25) is 9.67 Å². The first-order chi connectivity index (χ1) is 16.2. The van der Waals surface area contributed by atoms with Gasteiger partial charge in [0.25, 0.3) is 0 Å². The van der Waals surface area contributed by atoms with E-state index in [1.165, 1.54) is 22.3 Å². The Morgan fingerprint density at radius 1 is 1.03 bits per heavy atom. The van der Waals surface area contributed by atoms with Gasteiger partial charge in [0, 0.05) is 28.9 Å². The van der Waals surface area contributed by atoms with Crippen LogP contribution in [0.3, 0.4) is 0 Å². The van der Waals surface area contributed by atoms with Crippen LogP contribution < -0.4 is 0 Å². The number of phenols is 1. The lowest BCUT2D eigenvalue weighted by atomic mass is 9.93. The molecule has 4 aromatic rings. The molecule has 33 heavy (non-hydrogen) atoms. The first kappa shape index (κ1) is 19.7. The molecule has 0 amide bonds. The number of aromatic hydroxyl groups is 1. The molecule has 5 heteroatoms. The van der Waals surface area contributed by atoms with Crippen molar-refractivity contribution in [3.63, 3.8) is 0 Å². The summed E-state index contributed by atoms with van der Waals surface area (Å²) in [5, 5.41) is 19.5. The molecule has 0 aliphatic heterocycles. The van der Waals surface area contributed by atoms with Gasteiger partial charge >= 0.3 is 0 Å². The van der Waals surface area contributed by atoms with E-state index in [1.807, 2.05) is 42.1 Å². The van der Waals surface area contributed by atoms with Crippen LogP contribution in [0, 0.1) is 6.92 Å². The van der Waals surface area contributed by atoms with Gasteiger partial charge in [-0.15, -0.1) is 5.10 Å². The third kappa shape index (κ3) is 3.46. The second-order valence-electron chi connectivity index (χ2n) is 8.76. The standard InChI is InChI=1S/C28H24N4O/c1-18-14-19(12-13-29-18)21-11-10-20(15-28(21)33)27-17-32(31-30-27)16-26-24-8-4-2-6-22(24)23-7-3-5-9-25(23)26/h2,4-6,8-15,17,26,33H,3,7,16H2,1H3. The van der Waals surface area contributed by atoms with Crippen molar-refractivity contribution in [3.05, 3.63) is 102 Å². The molecule has 2 aromatic carbocycles. The number of hydrogen-bond acceptors (Lipinski definition) is 4. The summed E-state index contributed by atoms with van der Waals surface area (Å²) in [6, 6.07) is 18.3. The average Bonchev–Trinajstić information content (AvgIpc) is 3.43. The predicted octanol–water partition coefficient (Wildman–Crippen LogP) is 5.92. The van der Waals surface area contributed by atoms with Crippen LogP contribution in [0.5, 0.6) is 5.75 Å². The highest BCUT2D eigenvalue weighted by Gasteiger charge is 2.31. The van der Waals surface area contributed by atoms with Crippen molar-refractivity contribution in [2.75, 3.05) is 0 Å². The first-order valence-corrected chi connectivity index (χ1v) is 11.3. The molecule has 5 nitrogen and oxygen atoms in total. The Kier molecular flexibility index (Phi) is 4.68. The van der Waals surface area contributed by atoms with Gasteiger partial charge in [0.15, 0.2) is 0 Å². The number of nitrogens with zero attached hydrogens (tertiary/aromatic N) is 4. The van der Waals surface area contributed by atoms with Gasteiger partial charge in [0.05, 0.1) is 12.7 Å². The van der Waals surface area contributed by atoms with Gasteiger partial charge in [-0.1, -0.05) is 47.7 Å². The highest BCUT2D eigenvalue weighted by molar-refractivity contribution is 5.81. The summed E-state index contributed by atoms with van der Waals surface area (Å²) < 4.78 is 1.92. The highest BCUT2D eigenvalue weighted by Crippen LogP contribution is 2.46. The number of allylic oxidation sites excluding steroid dienone is 4. The zero-order chi connectivity index (χ0) is 22.4. The summed E-state index contributed by atoms with van der Waals surface area (Å²) in [6.45, 7) is 2.69. The van der Waals surface area contributed by atoms with E-state index in [2.05, 4.69) is 51.7 Å². The Hall–Kier alpha value is -3.99. The molecule has 0 saturated heterocycles. The van der Waals surface area contributed by atoms with Crippen molar-refractivity contribution in [1.29, 1.82) is 0 Å². The fourth-order valence-corrected chi connectivity index (χ4v) is 5.09. The molecule has 2 heterocycles. The molecule has 0 bridgehead atoms. The second-order valence-corrected chi connectivity index (χ2v) is 8.76. The van der Waals surface area contributed by atoms with Crippen LogP contribution in [0.25, 0.3) is 28.0 Å². The predicted molar refractivity (Wildman–Crippen MR) is 130 cm³/mol. The lowest BCUT2D eigenvalue weighted by molar-refractivity contribution is 0.477. The van der Waals surface area contributed by atoms with Crippen molar-refractivity contribution in [2.45, 2.75) is 32.2 Å². The lowest BCUT2D eigenvalue weighted by Crippen LogP contribution is -2.10. The van der Waals surface area contributed by atoms with Crippen LogP contribution in [-0.4, -0.2) is 25.1 Å². The summed E-state index contributed by atoms with van der Waals surface area (Å²) in [5.41, 5.74) is 9.88. The smallest absolute Gasteiger partial charge is 0.124 e. The van der Waals surface area contributed by atoms with Crippen molar-refractivity contribution < 1.29 is 5.11 Å². The van der Waals surface area contributed by atoms with Crippen LogP contribution in [0.2, 0.25) is 0 Å². The number of hydrogen-bond donors (Lipinski definition) is 1.